The van der Waals surface area contributed by atoms with Crippen molar-refractivity contribution >= 4 is 35.1 Å². The fraction of sp³-hybridized carbons (Fsp3) is 0.300. The predicted octanol–water partition coefficient (Wildman–Crippen LogP) is 4.75. The number of H-pyrrole nitrogens is 1. The number of fused-ring (bicyclic) bond motifs is 1. The molecule has 3 aliphatic rings. The van der Waals surface area contributed by atoms with E-state index in [0.717, 1.165) is 36.9 Å². The molecule has 1 aromatic heterocycles. The number of carbonyl (C=O) groups excluding carboxylic acids is 3. The SMILES string of the molecule is Cc1cc(C(=O)N2CCC[C@@H](C(=O)NC3CC3)C2)c(C=C2C(=O)Nc3cccc(-c4cccc(F)c4)c32)[nH]1. The zero-order valence-corrected chi connectivity index (χ0v) is 21.1. The number of likely N-dealkylation sites (tertiary alicyclic amines) is 1. The quantitative estimate of drug-likeness (QED) is 0.431. The Morgan fingerprint density at radius 3 is 2.71 bits per heavy atom. The second kappa shape index (κ2) is 9.59. The van der Waals surface area contributed by atoms with Crippen molar-refractivity contribution in [2.75, 3.05) is 18.4 Å². The average molecular weight is 513 g/mol. The summed E-state index contributed by atoms with van der Waals surface area (Å²) >= 11 is 0. The molecule has 3 aromatic rings. The van der Waals surface area contributed by atoms with Crippen molar-refractivity contribution in [3.63, 3.8) is 0 Å². The van der Waals surface area contributed by atoms with E-state index in [1.54, 1.807) is 29.2 Å². The molecular weight excluding hydrogens is 483 g/mol. The fourth-order valence-electron chi connectivity index (χ4n) is 5.42. The van der Waals surface area contributed by atoms with E-state index in [1.165, 1.54) is 12.1 Å². The van der Waals surface area contributed by atoms with Crippen molar-refractivity contribution in [2.24, 2.45) is 5.92 Å². The first kappa shape index (κ1) is 24.2. The number of hydrogen-bond donors (Lipinski definition) is 3. The smallest absolute Gasteiger partial charge is 0.256 e. The van der Waals surface area contributed by atoms with Crippen LogP contribution in [0.3, 0.4) is 0 Å². The molecule has 1 saturated carbocycles. The molecule has 1 atom stereocenters. The standard InChI is InChI=1S/C30H29FN4O3/c1-17-13-23(30(38)35-12-4-6-19(16-35)28(36)33-21-10-11-21)26(32-17)15-24-27-22(18-5-2-7-20(31)14-18)8-3-9-25(27)34-29(24)37/h2-3,5,7-9,13-15,19,21,32H,4,6,10-12,16H2,1H3,(H,33,36)(H,34,37)/t19-/m1/s1. The second-order valence-electron chi connectivity index (χ2n) is 10.4. The van der Waals surface area contributed by atoms with Gasteiger partial charge in [-0.15, -0.1) is 0 Å². The minimum atomic E-state index is -0.360. The number of aromatic nitrogens is 1. The van der Waals surface area contributed by atoms with Crippen LogP contribution in [0.1, 0.15) is 53.0 Å². The highest BCUT2D eigenvalue weighted by Crippen LogP contribution is 2.41. The largest absolute Gasteiger partial charge is 0.358 e. The van der Waals surface area contributed by atoms with Crippen molar-refractivity contribution in [3.05, 3.63) is 76.9 Å². The molecule has 3 N–H and O–H groups in total. The Bertz CT molecular complexity index is 1490. The number of carbonyl (C=O) groups is 3. The van der Waals surface area contributed by atoms with Gasteiger partial charge in [0.1, 0.15) is 5.82 Å². The van der Waals surface area contributed by atoms with Crippen LogP contribution in [-0.4, -0.2) is 46.7 Å². The monoisotopic (exact) mass is 512 g/mol. The molecule has 2 aromatic carbocycles. The first-order valence-electron chi connectivity index (χ1n) is 13.1. The Balaban J connectivity index is 1.33. The number of aryl methyl sites for hydroxylation is 1. The van der Waals surface area contributed by atoms with Crippen LogP contribution in [-0.2, 0) is 9.59 Å². The van der Waals surface area contributed by atoms with Gasteiger partial charge in [0.05, 0.1) is 22.7 Å². The molecule has 0 unspecified atom stereocenters. The number of rotatable bonds is 5. The van der Waals surface area contributed by atoms with E-state index in [-0.39, 0.29) is 35.5 Å². The maximum absolute atomic E-state index is 14.0. The summed E-state index contributed by atoms with van der Waals surface area (Å²) < 4.78 is 14.0. The minimum Gasteiger partial charge on any atom is -0.358 e. The number of piperidine rings is 1. The van der Waals surface area contributed by atoms with Crippen LogP contribution in [0.4, 0.5) is 10.1 Å². The lowest BCUT2D eigenvalue weighted by Gasteiger charge is -2.32. The fourth-order valence-corrected chi connectivity index (χ4v) is 5.42. The van der Waals surface area contributed by atoms with Crippen molar-refractivity contribution in [1.29, 1.82) is 0 Å². The second-order valence-corrected chi connectivity index (χ2v) is 10.4. The molecule has 194 valence electrons. The molecule has 0 bridgehead atoms. The number of amides is 3. The van der Waals surface area contributed by atoms with Gasteiger partial charge in [-0.3, -0.25) is 14.4 Å². The van der Waals surface area contributed by atoms with Gasteiger partial charge in [-0.1, -0.05) is 24.3 Å². The summed E-state index contributed by atoms with van der Waals surface area (Å²) in [4.78, 5) is 44.4. The summed E-state index contributed by atoms with van der Waals surface area (Å²) in [5.41, 5.74) is 4.87. The summed E-state index contributed by atoms with van der Waals surface area (Å²) in [6.07, 6.45) is 5.29. The third-order valence-electron chi connectivity index (χ3n) is 7.47. The Kier molecular flexibility index (Phi) is 6.10. The Morgan fingerprint density at radius 2 is 1.92 bits per heavy atom. The molecule has 0 spiro atoms. The maximum atomic E-state index is 14.0. The highest BCUT2D eigenvalue weighted by atomic mass is 19.1. The predicted molar refractivity (Wildman–Crippen MR) is 144 cm³/mol. The van der Waals surface area contributed by atoms with Gasteiger partial charge in [0.2, 0.25) is 5.91 Å². The molecule has 6 rings (SSSR count). The topological polar surface area (TPSA) is 94.3 Å². The Hall–Kier alpha value is -4.20. The molecule has 2 aliphatic heterocycles. The van der Waals surface area contributed by atoms with Crippen molar-refractivity contribution in [1.82, 2.24) is 15.2 Å². The van der Waals surface area contributed by atoms with Crippen LogP contribution >= 0.6 is 0 Å². The van der Waals surface area contributed by atoms with Gasteiger partial charge in [-0.25, -0.2) is 4.39 Å². The Morgan fingerprint density at radius 1 is 1.11 bits per heavy atom. The molecule has 0 radical (unpaired) electrons. The van der Waals surface area contributed by atoms with E-state index in [9.17, 15) is 18.8 Å². The minimum absolute atomic E-state index is 0.0294. The maximum Gasteiger partial charge on any atom is 0.256 e. The molecular formula is C30H29FN4O3. The molecule has 2 fully saturated rings. The lowest BCUT2D eigenvalue weighted by Crippen LogP contribution is -2.46. The van der Waals surface area contributed by atoms with E-state index >= 15 is 0 Å². The van der Waals surface area contributed by atoms with Gasteiger partial charge in [0, 0.05) is 36.1 Å². The summed E-state index contributed by atoms with van der Waals surface area (Å²) in [5.74, 6) is -0.994. The average Bonchev–Trinajstić information content (AvgIpc) is 3.57. The van der Waals surface area contributed by atoms with Crippen LogP contribution in [0, 0.1) is 18.7 Å². The zero-order chi connectivity index (χ0) is 26.4. The molecule has 38 heavy (non-hydrogen) atoms. The van der Waals surface area contributed by atoms with Crippen LogP contribution in [0.5, 0.6) is 0 Å². The highest BCUT2D eigenvalue weighted by molar-refractivity contribution is 6.36. The molecule has 8 heteroatoms. The third kappa shape index (κ3) is 4.62. The summed E-state index contributed by atoms with van der Waals surface area (Å²) in [7, 11) is 0. The van der Waals surface area contributed by atoms with Crippen molar-refractivity contribution in [3.8, 4) is 11.1 Å². The Labute approximate surface area is 220 Å². The van der Waals surface area contributed by atoms with Gasteiger partial charge in [-0.05, 0) is 74.1 Å². The lowest BCUT2D eigenvalue weighted by atomic mass is 9.94. The van der Waals surface area contributed by atoms with E-state index in [1.807, 2.05) is 25.1 Å². The van der Waals surface area contributed by atoms with E-state index in [4.69, 9.17) is 0 Å². The number of anilines is 1. The molecule has 3 heterocycles. The van der Waals surface area contributed by atoms with Crippen molar-refractivity contribution in [2.45, 2.75) is 38.6 Å². The van der Waals surface area contributed by atoms with Gasteiger partial charge in [0.25, 0.3) is 11.8 Å². The number of aromatic amines is 1. The highest BCUT2D eigenvalue weighted by Gasteiger charge is 2.33. The number of nitrogens with one attached hydrogen (secondary N) is 3. The van der Waals surface area contributed by atoms with Gasteiger partial charge < -0.3 is 20.5 Å². The molecule has 1 saturated heterocycles. The summed E-state index contributed by atoms with van der Waals surface area (Å²) in [5, 5.41) is 5.96. The van der Waals surface area contributed by atoms with E-state index in [0.29, 0.717) is 46.7 Å². The molecule has 1 aliphatic carbocycles. The van der Waals surface area contributed by atoms with Gasteiger partial charge in [0.15, 0.2) is 0 Å². The number of halogens is 1. The zero-order valence-electron chi connectivity index (χ0n) is 21.1. The van der Waals surface area contributed by atoms with Gasteiger partial charge >= 0.3 is 0 Å². The molecule has 3 amide bonds. The first-order valence-corrected chi connectivity index (χ1v) is 13.1. The first-order chi connectivity index (χ1) is 18.4. The van der Waals surface area contributed by atoms with E-state index in [2.05, 4.69) is 15.6 Å². The van der Waals surface area contributed by atoms with Crippen LogP contribution < -0.4 is 10.6 Å². The number of hydrogen-bond acceptors (Lipinski definition) is 3. The summed E-state index contributed by atoms with van der Waals surface area (Å²) in [6.45, 7) is 2.83. The van der Waals surface area contributed by atoms with Crippen LogP contribution in [0.25, 0.3) is 22.8 Å². The third-order valence-corrected chi connectivity index (χ3v) is 7.47. The van der Waals surface area contributed by atoms with Gasteiger partial charge in [-0.2, -0.15) is 0 Å². The molecule has 7 nitrogen and oxygen atoms in total. The normalized spacial score (nSPS) is 19.8. The van der Waals surface area contributed by atoms with Crippen molar-refractivity contribution < 1.29 is 18.8 Å². The number of benzene rings is 2. The van der Waals surface area contributed by atoms with Crippen LogP contribution in [0.2, 0.25) is 0 Å². The van der Waals surface area contributed by atoms with E-state index < -0.39 is 0 Å². The summed E-state index contributed by atoms with van der Waals surface area (Å²) in [6, 6.07) is 13.8. The number of nitrogens with zero attached hydrogens (tertiary/aromatic N) is 1. The lowest BCUT2D eigenvalue weighted by molar-refractivity contribution is -0.126. The van der Waals surface area contributed by atoms with Crippen LogP contribution in [0.15, 0.2) is 48.5 Å².